The average Bonchev–Trinajstić information content (AvgIpc) is 3.30. The van der Waals surface area contributed by atoms with Crippen LogP contribution in [0.25, 0.3) is 10.9 Å². The second-order valence-electron chi connectivity index (χ2n) is 9.05. The third-order valence-electron chi connectivity index (χ3n) is 6.88. The Morgan fingerprint density at radius 2 is 2.18 bits per heavy atom. The second-order valence-corrected chi connectivity index (χ2v) is 9.41. The van der Waals surface area contributed by atoms with Crippen molar-refractivity contribution in [2.45, 2.75) is 49.9 Å². The predicted octanol–water partition coefficient (Wildman–Crippen LogP) is 3.01. The number of rotatable bonds is 5. The molecular formula is C21H25ClF2N6O3. The molecule has 5 rings (SSSR count). The maximum absolute atomic E-state index is 14.9. The maximum atomic E-state index is 14.9. The molecule has 3 saturated heterocycles. The number of nitrogens with zero attached hydrogens (tertiary/aromatic N) is 5. The number of fused-ring (bicyclic) bond motifs is 2. The van der Waals surface area contributed by atoms with Crippen molar-refractivity contribution in [3.63, 3.8) is 0 Å². The molecule has 12 heteroatoms. The molecule has 2 N–H and O–H groups in total. The summed E-state index contributed by atoms with van der Waals surface area (Å²) in [4.78, 5) is 27.8. The summed E-state index contributed by atoms with van der Waals surface area (Å²) in [6, 6.07) is -0.308. The van der Waals surface area contributed by atoms with Gasteiger partial charge in [-0.2, -0.15) is 9.97 Å². The minimum absolute atomic E-state index is 0.0149. The van der Waals surface area contributed by atoms with E-state index in [0.29, 0.717) is 43.7 Å². The van der Waals surface area contributed by atoms with Crippen LogP contribution >= 0.6 is 11.6 Å². The number of hydrogen-bond acceptors (Lipinski definition) is 7. The lowest BCUT2D eigenvalue weighted by Crippen LogP contribution is -2.47. The molecule has 3 aliphatic heterocycles. The Bertz CT molecular complexity index is 1080. The van der Waals surface area contributed by atoms with E-state index in [-0.39, 0.29) is 29.3 Å². The highest BCUT2D eigenvalue weighted by Gasteiger charge is 2.49. The number of alkyl halides is 1. The number of hydrogen-bond donors (Lipinski definition) is 2. The molecule has 3 fully saturated rings. The normalized spacial score (nSPS) is 27.7. The van der Waals surface area contributed by atoms with Gasteiger partial charge in [0.1, 0.15) is 24.1 Å². The lowest BCUT2D eigenvalue weighted by molar-refractivity contribution is 0.107. The first-order chi connectivity index (χ1) is 15.8. The molecule has 0 bridgehead atoms. The Morgan fingerprint density at radius 1 is 1.33 bits per heavy atom. The third kappa shape index (κ3) is 4.23. The number of nitrogens with one attached hydrogen (secondary N) is 1. The number of halogens is 3. The largest absolute Gasteiger partial charge is 0.465 e. The van der Waals surface area contributed by atoms with E-state index in [9.17, 15) is 13.6 Å². The van der Waals surface area contributed by atoms with Crippen LogP contribution in [-0.2, 0) is 0 Å². The van der Waals surface area contributed by atoms with Crippen molar-refractivity contribution in [1.29, 1.82) is 0 Å². The van der Waals surface area contributed by atoms with E-state index in [1.807, 2.05) is 4.90 Å². The van der Waals surface area contributed by atoms with Gasteiger partial charge in [-0.3, -0.25) is 4.90 Å². The quantitative estimate of drug-likeness (QED) is 0.627. The number of carboxylic acid groups (broad SMARTS) is 1. The fraction of sp³-hybridized carbons (Fsp3) is 0.619. The van der Waals surface area contributed by atoms with Gasteiger partial charge in [-0.1, -0.05) is 11.6 Å². The molecule has 5 heterocycles. The van der Waals surface area contributed by atoms with Crippen LogP contribution in [0.2, 0.25) is 5.15 Å². The number of ether oxygens (including phenoxy) is 1. The summed E-state index contributed by atoms with van der Waals surface area (Å²) in [7, 11) is 0. The number of carbonyl (C=O) groups is 1. The fourth-order valence-electron chi connectivity index (χ4n) is 5.41. The molecule has 3 aliphatic rings. The van der Waals surface area contributed by atoms with Gasteiger partial charge in [-0.05, 0) is 32.2 Å². The summed E-state index contributed by atoms with van der Waals surface area (Å²) in [6.45, 7) is 2.41. The Morgan fingerprint density at radius 3 is 3.00 bits per heavy atom. The van der Waals surface area contributed by atoms with Crippen LogP contribution in [0, 0.1) is 5.82 Å². The molecule has 2 aromatic heterocycles. The van der Waals surface area contributed by atoms with Gasteiger partial charge in [0.25, 0.3) is 0 Å². The van der Waals surface area contributed by atoms with Crippen molar-refractivity contribution < 1.29 is 23.4 Å². The SMILES string of the molecule is O=C(O)N[C@@H]1CCCN(c2nc(OC[C@@]34CCCN3C[C@H](F)C4)nc3c(F)c(Cl)ncc23)C1. The smallest absolute Gasteiger partial charge is 0.404 e. The van der Waals surface area contributed by atoms with Crippen molar-refractivity contribution in [1.82, 2.24) is 25.2 Å². The van der Waals surface area contributed by atoms with Crippen molar-refractivity contribution in [2.75, 3.05) is 37.7 Å². The topological polar surface area (TPSA) is 104 Å². The number of aromatic nitrogens is 3. The molecular weight excluding hydrogens is 458 g/mol. The predicted molar refractivity (Wildman–Crippen MR) is 117 cm³/mol. The summed E-state index contributed by atoms with van der Waals surface area (Å²) in [6.07, 6.45) is 3.04. The zero-order valence-corrected chi connectivity index (χ0v) is 18.7. The van der Waals surface area contributed by atoms with Gasteiger partial charge >= 0.3 is 12.1 Å². The van der Waals surface area contributed by atoms with E-state index >= 15 is 0 Å². The molecule has 2 aromatic rings. The van der Waals surface area contributed by atoms with Gasteiger partial charge in [-0.25, -0.2) is 18.6 Å². The van der Waals surface area contributed by atoms with Gasteiger partial charge in [0.15, 0.2) is 11.0 Å². The number of pyridine rings is 1. The average molecular weight is 483 g/mol. The van der Waals surface area contributed by atoms with Crippen molar-refractivity contribution in [2.24, 2.45) is 0 Å². The molecule has 1 amide bonds. The van der Waals surface area contributed by atoms with Gasteiger partial charge in [-0.15, -0.1) is 0 Å². The Balaban J connectivity index is 1.47. The van der Waals surface area contributed by atoms with Crippen LogP contribution < -0.4 is 15.0 Å². The molecule has 178 valence electrons. The summed E-state index contributed by atoms with van der Waals surface area (Å²) in [5.41, 5.74) is -0.410. The molecule has 0 unspecified atom stereocenters. The molecule has 0 spiro atoms. The fourth-order valence-corrected chi connectivity index (χ4v) is 5.55. The van der Waals surface area contributed by atoms with E-state index in [1.165, 1.54) is 6.20 Å². The van der Waals surface area contributed by atoms with Gasteiger partial charge < -0.3 is 20.1 Å². The zero-order chi connectivity index (χ0) is 23.2. The van der Waals surface area contributed by atoms with Gasteiger partial charge in [0.05, 0.1) is 10.9 Å². The standard InChI is InChI=1S/C21H25ClF2N6O3/c22-17-15(24)16-14(8-25-17)18(29-5-1-3-13(10-29)26-20(31)32)28-19(27-16)33-11-21-4-2-6-30(21)9-12(23)7-21/h8,12-13,26H,1-7,9-11H2,(H,31,32)/t12-,13-,21+/m1/s1. The van der Waals surface area contributed by atoms with Crippen LogP contribution in [0.5, 0.6) is 6.01 Å². The van der Waals surface area contributed by atoms with Crippen LogP contribution in [-0.4, -0.2) is 81.6 Å². The lowest BCUT2D eigenvalue weighted by Gasteiger charge is -2.34. The Kier molecular flexibility index (Phi) is 5.86. The minimum Gasteiger partial charge on any atom is -0.465 e. The van der Waals surface area contributed by atoms with Crippen LogP contribution in [0.3, 0.4) is 0 Å². The van der Waals surface area contributed by atoms with Crippen molar-refractivity contribution in [3.8, 4) is 6.01 Å². The van der Waals surface area contributed by atoms with Gasteiger partial charge in [0, 0.05) is 38.3 Å². The molecule has 9 nitrogen and oxygen atoms in total. The van der Waals surface area contributed by atoms with Crippen LogP contribution in [0.1, 0.15) is 32.1 Å². The van der Waals surface area contributed by atoms with E-state index in [4.69, 9.17) is 21.4 Å². The summed E-state index contributed by atoms with van der Waals surface area (Å²) >= 11 is 5.90. The highest BCUT2D eigenvalue weighted by atomic mass is 35.5. The first-order valence-electron chi connectivity index (χ1n) is 11.1. The summed E-state index contributed by atoms with van der Waals surface area (Å²) in [5.74, 6) is -0.365. The first kappa shape index (κ1) is 22.3. The van der Waals surface area contributed by atoms with Crippen molar-refractivity contribution >= 4 is 34.4 Å². The highest BCUT2D eigenvalue weighted by Crippen LogP contribution is 2.40. The summed E-state index contributed by atoms with van der Waals surface area (Å²) < 4.78 is 34.9. The van der Waals surface area contributed by atoms with Crippen LogP contribution in [0.15, 0.2) is 6.20 Å². The molecule has 3 atom stereocenters. The van der Waals surface area contributed by atoms with E-state index in [0.717, 1.165) is 25.8 Å². The molecule has 0 saturated carbocycles. The number of anilines is 1. The first-order valence-corrected chi connectivity index (χ1v) is 11.5. The van der Waals surface area contributed by atoms with E-state index < -0.39 is 23.6 Å². The Labute approximate surface area is 194 Å². The highest BCUT2D eigenvalue weighted by molar-refractivity contribution is 6.30. The number of amides is 1. The van der Waals surface area contributed by atoms with E-state index in [2.05, 4.69) is 25.2 Å². The van der Waals surface area contributed by atoms with Crippen molar-refractivity contribution in [3.05, 3.63) is 17.2 Å². The molecule has 33 heavy (non-hydrogen) atoms. The summed E-state index contributed by atoms with van der Waals surface area (Å²) in [5, 5.41) is 11.7. The monoisotopic (exact) mass is 482 g/mol. The lowest BCUT2D eigenvalue weighted by atomic mass is 9.95. The van der Waals surface area contributed by atoms with Crippen LogP contribution in [0.4, 0.5) is 19.4 Å². The third-order valence-corrected chi connectivity index (χ3v) is 7.14. The molecule has 0 aromatic carbocycles. The number of piperidine rings is 1. The maximum Gasteiger partial charge on any atom is 0.404 e. The molecule has 0 radical (unpaired) electrons. The Hall–Kier alpha value is -2.53. The second kappa shape index (κ2) is 8.68. The minimum atomic E-state index is -1.10. The van der Waals surface area contributed by atoms with Gasteiger partial charge in [0.2, 0.25) is 0 Å². The molecule has 0 aliphatic carbocycles. The zero-order valence-electron chi connectivity index (χ0n) is 17.9. The van der Waals surface area contributed by atoms with E-state index in [1.54, 1.807) is 0 Å².